The van der Waals surface area contributed by atoms with E-state index >= 15 is 0 Å². The Kier molecular flexibility index (Phi) is 3.55. The normalized spacial score (nSPS) is 11.0. The molecule has 0 fully saturated rings. The summed E-state index contributed by atoms with van der Waals surface area (Å²) in [6.07, 6.45) is 1.81. The Morgan fingerprint density at radius 2 is 2.00 bits per heavy atom. The number of anilines is 1. The van der Waals surface area contributed by atoms with Gasteiger partial charge >= 0.3 is 0 Å². The maximum Gasteiger partial charge on any atom is 0.152 e. The molecular formula is C16H13ClF2N2. The second-order valence-electron chi connectivity index (χ2n) is 4.91. The molecule has 0 aliphatic rings. The molecule has 0 saturated carbocycles. The minimum Gasteiger partial charge on any atom is -0.376 e. The first-order chi connectivity index (χ1) is 10.1. The molecule has 0 saturated heterocycles. The molecule has 3 aromatic rings. The van der Waals surface area contributed by atoms with Crippen LogP contribution in [0.2, 0.25) is 5.02 Å². The van der Waals surface area contributed by atoms with Gasteiger partial charge in [0.05, 0.1) is 0 Å². The zero-order chi connectivity index (χ0) is 15.0. The first-order valence-corrected chi connectivity index (χ1v) is 6.88. The largest absolute Gasteiger partial charge is 0.376 e. The first kappa shape index (κ1) is 13.9. The first-order valence-electron chi connectivity index (χ1n) is 6.50. The van der Waals surface area contributed by atoms with E-state index in [4.69, 9.17) is 11.6 Å². The zero-order valence-corrected chi connectivity index (χ0v) is 12.1. The van der Waals surface area contributed by atoms with Gasteiger partial charge in [-0.3, -0.25) is 0 Å². The van der Waals surface area contributed by atoms with Crippen LogP contribution in [0.3, 0.4) is 0 Å². The van der Waals surface area contributed by atoms with Crippen molar-refractivity contribution in [2.45, 2.75) is 13.5 Å². The molecule has 2 nitrogen and oxygen atoms in total. The summed E-state index contributed by atoms with van der Waals surface area (Å²) in [6.45, 7) is 1.92. The topological polar surface area (TPSA) is 27.8 Å². The Bertz CT molecular complexity index is 811. The van der Waals surface area contributed by atoms with Crippen LogP contribution < -0.4 is 5.32 Å². The monoisotopic (exact) mass is 306 g/mol. The van der Waals surface area contributed by atoms with Crippen molar-refractivity contribution in [2.24, 2.45) is 0 Å². The molecule has 3 rings (SSSR count). The van der Waals surface area contributed by atoms with E-state index in [1.54, 1.807) is 19.2 Å². The van der Waals surface area contributed by atoms with Crippen LogP contribution in [0.15, 0.2) is 36.5 Å². The van der Waals surface area contributed by atoms with Gasteiger partial charge in [-0.2, -0.15) is 0 Å². The Balaban J connectivity index is 1.89. The summed E-state index contributed by atoms with van der Waals surface area (Å²) >= 11 is 5.93. The number of halogens is 3. The van der Waals surface area contributed by atoms with Crippen LogP contribution in [-0.2, 0) is 6.54 Å². The average Bonchev–Trinajstić information content (AvgIpc) is 2.85. The summed E-state index contributed by atoms with van der Waals surface area (Å²) in [5.74, 6) is -1.15. The minimum atomic E-state index is -0.596. The molecule has 0 unspecified atom stereocenters. The molecule has 1 aromatic heterocycles. The fraction of sp³-hybridized carbons (Fsp3) is 0.125. The third kappa shape index (κ3) is 2.59. The molecule has 0 radical (unpaired) electrons. The quantitative estimate of drug-likeness (QED) is 0.698. The summed E-state index contributed by atoms with van der Waals surface area (Å²) in [4.78, 5) is 3.09. The molecule has 0 amide bonds. The Labute approximate surface area is 125 Å². The predicted octanol–water partition coefficient (Wildman–Crippen LogP) is 5.02. The Morgan fingerprint density at radius 3 is 2.81 bits per heavy atom. The molecule has 0 spiro atoms. The van der Waals surface area contributed by atoms with Crippen LogP contribution in [0, 0.1) is 18.6 Å². The Hall–Kier alpha value is -2.07. The number of aromatic nitrogens is 1. The van der Waals surface area contributed by atoms with E-state index in [-0.39, 0.29) is 5.69 Å². The summed E-state index contributed by atoms with van der Waals surface area (Å²) < 4.78 is 27.6. The number of nitrogens with one attached hydrogen (secondary N) is 2. The highest BCUT2D eigenvalue weighted by molar-refractivity contribution is 6.31. The smallest absolute Gasteiger partial charge is 0.152 e. The fourth-order valence-corrected chi connectivity index (χ4v) is 2.48. The lowest BCUT2D eigenvalue weighted by atomic mass is 10.1. The van der Waals surface area contributed by atoms with E-state index in [1.165, 1.54) is 12.1 Å². The molecule has 0 aliphatic carbocycles. The van der Waals surface area contributed by atoms with Gasteiger partial charge in [0.1, 0.15) is 11.5 Å². The highest BCUT2D eigenvalue weighted by Crippen LogP contribution is 2.25. The fourth-order valence-electron chi connectivity index (χ4n) is 2.31. The minimum absolute atomic E-state index is 0.0988. The highest BCUT2D eigenvalue weighted by Gasteiger charge is 2.12. The lowest BCUT2D eigenvalue weighted by Crippen LogP contribution is -2.04. The SMILES string of the molecule is Cc1ccc(F)c(NCc2c[nH]c3cc(Cl)ccc23)c1F. The van der Waals surface area contributed by atoms with Crippen molar-refractivity contribution in [3.05, 3.63) is 64.3 Å². The number of rotatable bonds is 3. The van der Waals surface area contributed by atoms with Crippen molar-refractivity contribution in [1.82, 2.24) is 4.98 Å². The van der Waals surface area contributed by atoms with Gasteiger partial charge in [0.2, 0.25) is 0 Å². The third-order valence-electron chi connectivity index (χ3n) is 3.47. The molecular weight excluding hydrogens is 294 g/mol. The summed E-state index contributed by atoms with van der Waals surface area (Å²) in [5.41, 5.74) is 2.12. The van der Waals surface area contributed by atoms with Gasteiger partial charge in [-0.15, -0.1) is 0 Å². The molecule has 5 heteroatoms. The molecule has 2 aromatic carbocycles. The summed E-state index contributed by atoms with van der Waals surface area (Å²) in [7, 11) is 0. The van der Waals surface area contributed by atoms with Gasteiger partial charge in [0.25, 0.3) is 0 Å². The second-order valence-corrected chi connectivity index (χ2v) is 5.35. The second kappa shape index (κ2) is 5.37. The maximum atomic E-state index is 13.9. The van der Waals surface area contributed by atoms with E-state index in [9.17, 15) is 8.78 Å². The molecule has 0 aliphatic heterocycles. The molecule has 2 N–H and O–H groups in total. The van der Waals surface area contributed by atoms with E-state index in [0.29, 0.717) is 17.1 Å². The van der Waals surface area contributed by atoms with E-state index < -0.39 is 11.6 Å². The summed E-state index contributed by atoms with van der Waals surface area (Å²) in [6, 6.07) is 8.16. The number of hydrogen-bond donors (Lipinski definition) is 2. The van der Waals surface area contributed by atoms with Crippen LogP contribution >= 0.6 is 11.6 Å². The lowest BCUT2D eigenvalue weighted by Gasteiger charge is -2.10. The van der Waals surface area contributed by atoms with Crippen LogP contribution in [0.4, 0.5) is 14.5 Å². The van der Waals surface area contributed by atoms with Crippen LogP contribution in [-0.4, -0.2) is 4.98 Å². The van der Waals surface area contributed by atoms with Crippen molar-refractivity contribution >= 4 is 28.2 Å². The van der Waals surface area contributed by atoms with Gasteiger partial charge in [0.15, 0.2) is 5.82 Å². The number of benzene rings is 2. The van der Waals surface area contributed by atoms with Crippen molar-refractivity contribution < 1.29 is 8.78 Å². The summed E-state index contributed by atoms with van der Waals surface area (Å²) in [5, 5.41) is 4.44. The average molecular weight is 307 g/mol. The van der Waals surface area contributed by atoms with Crippen LogP contribution in [0.25, 0.3) is 10.9 Å². The number of H-pyrrole nitrogens is 1. The highest BCUT2D eigenvalue weighted by atomic mass is 35.5. The number of fused-ring (bicyclic) bond motifs is 1. The predicted molar refractivity (Wildman–Crippen MR) is 81.7 cm³/mol. The van der Waals surface area contributed by atoms with Crippen LogP contribution in [0.1, 0.15) is 11.1 Å². The van der Waals surface area contributed by atoms with Gasteiger partial charge in [0, 0.05) is 28.7 Å². The maximum absolute atomic E-state index is 13.9. The van der Waals surface area contributed by atoms with E-state index in [0.717, 1.165) is 16.5 Å². The van der Waals surface area contributed by atoms with Crippen molar-refractivity contribution in [2.75, 3.05) is 5.32 Å². The Morgan fingerprint density at radius 1 is 1.19 bits per heavy atom. The molecule has 0 atom stereocenters. The van der Waals surface area contributed by atoms with Crippen molar-refractivity contribution in [1.29, 1.82) is 0 Å². The zero-order valence-electron chi connectivity index (χ0n) is 11.3. The number of aryl methyl sites for hydroxylation is 1. The van der Waals surface area contributed by atoms with E-state index in [2.05, 4.69) is 10.3 Å². The number of hydrogen-bond acceptors (Lipinski definition) is 1. The van der Waals surface area contributed by atoms with Gasteiger partial charge < -0.3 is 10.3 Å². The lowest BCUT2D eigenvalue weighted by molar-refractivity contribution is 0.582. The van der Waals surface area contributed by atoms with Gasteiger partial charge in [-0.1, -0.05) is 23.7 Å². The standard InChI is InChI=1S/C16H13ClF2N2/c1-9-2-5-13(18)16(15(9)19)21-8-10-7-20-14-6-11(17)3-4-12(10)14/h2-7,20-21H,8H2,1H3. The molecule has 21 heavy (non-hydrogen) atoms. The van der Waals surface area contributed by atoms with Crippen molar-refractivity contribution in [3.8, 4) is 0 Å². The third-order valence-corrected chi connectivity index (χ3v) is 3.70. The van der Waals surface area contributed by atoms with Crippen molar-refractivity contribution in [3.63, 3.8) is 0 Å². The van der Waals surface area contributed by atoms with Gasteiger partial charge in [-0.05, 0) is 36.2 Å². The molecule has 1 heterocycles. The van der Waals surface area contributed by atoms with Crippen LogP contribution in [0.5, 0.6) is 0 Å². The van der Waals surface area contributed by atoms with Gasteiger partial charge in [-0.25, -0.2) is 8.78 Å². The number of aromatic amines is 1. The van der Waals surface area contributed by atoms with E-state index in [1.807, 2.05) is 12.1 Å². The molecule has 108 valence electrons. The molecule has 0 bridgehead atoms.